The van der Waals surface area contributed by atoms with Gasteiger partial charge in [0.05, 0.1) is 20.1 Å². The van der Waals surface area contributed by atoms with Crippen LogP contribution in [0.1, 0.15) is 10.5 Å². The van der Waals surface area contributed by atoms with E-state index in [0.717, 1.165) is 0 Å². The van der Waals surface area contributed by atoms with Crippen LogP contribution in [0.2, 0.25) is 20.1 Å². The quantitative estimate of drug-likeness (QED) is 0.616. The molecule has 0 spiro atoms. The van der Waals surface area contributed by atoms with Crippen LogP contribution in [0, 0.1) is 0 Å². The summed E-state index contributed by atoms with van der Waals surface area (Å²) in [5.74, 6) is -1.11. The molecule has 98 valence electrons. The number of hydrogen-bond acceptors (Lipinski definition) is 2. The summed E-state index contributed by atoms with van der Waals surface area (Å²) in [6.07, 6.45) is 1.36. The molecule has 0 fully saturated rings. The summed E-state index contributed by atoms with van der Waals surface area (Å²) in [5.41, 5.74) is 0.941. The van der Waals surface area contributed by atoms with Gasteiger partial charge in [-0.05, 0) is 12.1 Å². The van der Waals surface area contributed by atoms with Crippen molar-refractivity contribution in [1.82, 2.24) is 4.98 Å². The van der Waals surface area contributed by atoms with Crippen LogP contribution in [0.3, 0.4) is 0 Å². The van der Waals surface area contributed by atoms with E-state index in [9.17, 15) is 4.79 Å². The highest BCUT2D eigenvalue weighted by atomic mass is 35.5. The van der Waals surface area contributed by atoms with Crippen molar-refractivity contribution >= 4 is 52.4 Å². The Balaban J connectivity index is 2.59. The molecular formula is C12H5Cl4NO2. The van der Waals surface area contributed by atoms with Gasteiger partial charge in [0.15, 0.2) is 0 Å². The van der Waals surface area contributed by atoms with Crippen LogP contribution in [0.4, 0.5) is 0 Å². The third kappa shape index (κ3) is 2.79. The summed E-state index contributed by atoms with van der Waals surface area (Å²) < 4.78 is 0. The molecule has 0 aliphatic heterocycles. The van der Waals surface area contributed by atoms with Gasteiger partial charge < -0.3 is 5.11 Å². The summed E-state index contributed by atoms with van der Waals surface area (Å²) in [5, 5.41) is 9.72. The van der Waals surface area contributed by atoms with Gasteiger partial charge in [-0.25, -0.2) is 9.78 Å². The molecule has 19 heavy (non-hydrogen) atoms. The van der Waals surface area contributed by atoms with E-state index in [0.29, 0.717) is 16.1 Å². The minimum Gasteiger partial charge on any atom is -0.477 e. The highest BCUT2D eigenvalue weighted by Crippen LogP contribution is 2.42. The van der Waals surface area contributed by atoms with Crippen molar-refractivity contribution in [3.8, 4) is 11.1 Å². The molecule has 1 aromatic heterocycles. The Morgan fingerprint density at radius 2 is 1.74 bits per heavy atom. The van der Waals surface area contributed by atoms with Gasteiger partial charge in [0.1, 0.15) is 5.69 Å². The molecule has 0 atom stereocenters. The number of carboxylic acids is 1. The zero-order chi connectivity index (χ0) is 14.2. The van der Waals surface area contributed by atoms with Crippen molar-refractivity contribution in [3.05, 3.63) is 50.2 Å². The number of carbonyl (C=O) groups is 1. The lowest BCUT2D eigenvalue weighted by atomic mass is 10.1. The number of benzene rings is 1. The third-order valence-electron chi connectivity index (χ3n) is 2.39. The van der Waals surface area contributed by atoms with Gasteiger partial charge >= 0.3 is 5.97 Å². The molecule has 0 radical (unpaired) electrons. The summed E-state index contributed by atoms with van der Waals surface area (Å²) >= 11 is 24.0. The SMILES string of the molecule is O=C(O)c1ccc(-c2c(Cl)cc(Cl)c(Cl)c2Cl)cn1. The smallest absolute Gasteiger partial charge is 0.354 e. The van der Waals surface area contributed by atoms with Crippen LogP contribution in [-0.2, 0) is 0 Å². The van der Waals surface area contributed by atoms with Crippen LogP contribution < -0.4 is 0 Å². The van der Waals surface area contributed by atoms with Gasteiger partial charge in [-0.3, -0.25) is 0 Å². The second-order valence-electron chi connectivity index (χ2n) is 3.58. The van der Waals surface area contributed by atoms with E-state index in [2.05, 4.69) is 4.98 Å². The lowest BCUT2D eigenvalue weighted by Crippen LogP contribution is -1.99. The number of aromatic carboxylic acids is 1. The molecule has 2 aromatic rings. The monoisotopic (exact) mass is 335 g/mol. The first-order valence-corrected chi connectivity index (χ1v) is 6.45. The molecule has 3 nitrogen and oxygen atoms in total. The second-order valence-corrected chi connectivity index (χ2v) is 5.15. The van der Waals surface area contributed by atoms with Gasteiger partial charge in [-0.15, -0.1) is 0 Å². The van der Waals surface area contributed by atoms with Crippen molar-refractivity contribution in [2.45, 2.75) is 0 Å². The molecule has 0 aliphatic carbocycles. The van der Waals surface area contributed by atoms with Crippen molar-refractivity contribution in [3.63, 3.8) is 0 Å². The minimum absolute atomic E-state index is 0.0731. The van der Waals surface area contributed by atoms with E-state index in [-0.39, 0.29) is 20.8 Å². The van der Waals surface area contributed by atoms with Gasteiger partial charge in [0.25, 0.3) is 0 Å². The molecule has 1 aromatic carbocycles. The number of aromatic nitrogens is 1. The number of rotatable bonds is 2. The molecule has 0 bridgehead atoms. The Morgan fingerprint density at radius 1 is 1.05 bits per heavy atom. The summed E-state index contributed by atoms with van der Waals surface area (Å²) in [7, 11) is 0. The van der Waals surface area contributed by atoms with Crippen molar-refractivity contribution in [1.29, 1.82) is 0 Å². The van der Waals surface area contributed by atoms with Gasteiger partial charge in [0, 0.05) is 17.3 Å². The van der Waals surface area contributed by atoms with E-state index >= 15 is 0 Å². The number of pyridine rings is 1. The summed E-state index contributed by atoms with van der Waals surface area (Å²) in [6.45, 7) is 0. The van der Waals surface area contributed by atoms with Crippen LogP contribution in [0.5, 0.6) is 0 Å². The molecule has 0 aliphatic rings. The highest BCUT2D eigenvalue weighted by molar-refractivity contribution is 6.51. The zero-order valence-corrected chi connectivity index (χ0v) is 12.1. The maximum Gasteiger partial charge on any atom is 0.354 e. The molecule has 1 heterocycles. The molecule has 1 N–H and O–H groups in total. The van der Waals surface area contributed by atoms with E-state index in [1.807, 2.05) is 0 Å². The second kappa shape index (κ2) is 5.55. The van der Waals surface area contributed by atoms with E-state index in [1.165, 1.54) is 18.3 Å². The first-order chi connectivity index (χ1) is 8.91. The Bertz CT molecular complexity index is 656. The summed E-state index contributed by atoms with van der Waals surface area (Å²) in [6, 6.07) is 4.37. The van der Waals surface area contributed by atoms with E-state index in [1.54, 1.807) is 6.07 Å². The fraction of sp³-hybridized carbons (Fsp3) is 0. The zero-order valence-electron chi connectivity index (χ0n) is 9.12. The third-order valence-corrected chi connectivity index (χ3v) is 3.95. The molecule has 2 rings (SSSR count). The van der Waals surface area contributed by atoms with E-state index in [4.69, 9.17) is 51.5 Å². The van der Waals surface area contributed by atoms with Crippen LogP contribution >= 0.6 is 46.4 Å². The Hall–Kier alpha value is -1.000. The number of carboxylic acid groups (broad SMARTS) is 1. The Kier molecular flexibility index (Phi) is 4.21. The predicted molar refractivity (Wildman–Crippen MR) is 76.7 cm³/mol. The molecular weight excluding hydrogens is 332 g/mol. The Morgan fingerprint density at radius 3 is 2.26 bits per heavy atom. The fourth-order valence-electron chi connectivity index (χ4n) is 1.50. The molecule has 0 unspecified atom stereocenters. The minimum atomic E-state index is -1.11. The average molecular weight is 337 g/mol. The van der Waals surface area contributed by atoms with Crippen LogP contribution in [0.25, 0.3) is 11.1 Å². The van der Waals surface area contributed by atoms with E-state index < -0.39 is 5.97 Å². The normalized spacial score (nSPS) is 10.5. The van der Waals surface area contributed by atoms with Crippen LogP contribution in [-0.4, -0.2) is 16.1 Å². The van der Waals surface area contributed by atoms with Crippen molar-refractivity contribution in [2.75, 3.05) is 0 Å². The fourth-order valence-corrected chi connectivity index (χ4v) is 2.63. The molecule has 7 heteroatoms. The largest absolute Gasteiger partial charge is 0.477 e. The standard InChI is InChI=1S/C12H5Cl4NO2/c13-6-3-7(14)10(15)11(16)9(6)5-1-2-8(12(18)19)17-4-5/h1-4H,(H,18,19). The summed E-state index contributed by atoms with van der Waals surface area (Å²) in [4.78, 5) is 14.5. The van der Waals surface area contributed by atoms with Crippen molar-refractivity contribution < 1.29 is 9.90 Å². The van der Waals surface area contributed by atoms with Crippen molar-refractivity contribution in [2.24, 2.45) is 0 Å². The maximum absolute atomic E-state index is 10.7. The Labute approximate surface area is 128 Å². The highest BCUT2D eigenvalue weighted by Gasteiger charge is 2.16. The number of nitrogens with zero attached hydrogens (tertiary/aromatic N) is 1. The number of hydrogen-bond donors (Lipinski definition) is 1. The van der Waals surface area contributed by atoms with Gasteiger partial charge in [-0.1, -0.05) is 52.5 Å². The first kappa shape index (κ1) is 14.4. The molecule has 0 saturated carbocycles. The topological polar surface area (TPSA) is 50.2 Å². The van der Waals surface area contributed by atoms with Crippen LogP contribution in [0.15, 0.2) is 24.4 Å². The molecule has 0 amide bonds. The lowest BCUT2D eigenvalue weighted by molar-refractivity contribution is 0.0690. The predicted octanol–water partition coefficient (Wildman–Crippen LogP) is 5.06. The molecule has 0 saturated heterocycles. The van der Waals surface area contributed by atoms with Gasteiger partial charge in [0.2, 0.25) is 0 Å². The number of halogens is 4. The maximum atomic E-state index is 10.7. The average Bonchev–Trinajstić information content (AvgIpc) is 2.37. The first-order valence-electron chi connectivity index (χ1n) is 4.94. The van der Waals surface area contributed by atoms with Gasteiger partial charge in [-0.2, -0.15) is 0 Å². The lowest BCUT2D eigenvalue weighted by Gasteiger charge is -2.10.